The number of aromatic hydroxyl groups is 1. The molecule has 2 aliphatic heterocycles. The standard InChI is InChI=1S/C48H42ClN5O7S/c1-24-32-21-26(49)11-18-38(32)62-43(24)35-23-39(52(3)51-35)54-45(57)34-22-33-30(41(48(34,2)47(54)59)25-19-36(60-4)42(55)37(20-25)61-5)16-17-31-40(33)46(58)53(44(31)56)29-14-12-28(13-15-29)50-27-9-7-6-8-10-27/h6-16,18-21,23,31,33-34,40-41,50,55H,17,22H2,1-5H3. The number of carbonyl (C=O) groups is 4. The van der Waals surface area contributed by atoms with E-state index in [-0.39, 0.29) is 41.9 Å². The second-order valence-corrected chi connectivity index (χ2v) is 18.2. The van der Waals surface area contributed by atoms with Gasteiger partial charge in [0.05, 0.1) is 48.0 Å². The number of aromatic nitrogens is 2. The van der Waals surface area contributed by atoms with Gasteiger partial charge >= 0.3 is 0 Å². The molecule has 62 heavy (non-hydrogen) atoms. The average Bonchev–Trinajstić information content (AvgIpc) is 3.94. The second-order valence-electron chi connectivity index (χ2n) is 16.7. The minimum atomic E-state index is -1.36. The van der Waals surface area contributed by atoms with Crippen molar-refractivity contribution in [2.45, 2.75) is 32.6 Å². The number of imide groups is 2. The SMILES string of the molecule is COc1cc(C2C3=CCC4C(=O)N(c5ccc(Nc6ccccc6)cc5)C(=O)C4C3CC3C(=O)N(c4cc(-c5sc6ccc(Cl)cc6c5C)nn4C)C(=O)C32C)cc(OC)c1O. The Morgan fingerprint density at radius 1 is 0.855 bits per heavy atom. The Bertz CT molecular complexity index is 2880. The van der Waals surface area contributed by atoms with E-state index in [4.69, 9.17) is 26.2 Å². The van der Waals surface area contributed by atoms with Crippen LogP contribution in [0.1, 0.15) is 36.8 Å². The van der Waals surface area contributed by atoms with E-state index in [1.807, 2.05) is 80.6 Å². The molecule has 4 amide bonds. The predicted molar refractivity (Wildman–Crippen MR) is 238 cm³/mol. The van der Waals surface area contributed by atoms with Crippen LogP contribution in [0.2, 0.25) is 5.02 Å². The van der Waals surface area contributed by atoms with Crippen LogP contribution >= 0.6 is 22.9 Å². The maximum atomic E-state index is 15.4. The third-order valence-electron chi connectivity index (χ3n) is 13.5. The highest BCUT2D eigenvalue weighted by Crippen LogP contribution is 2.64. The lowest BCUT2D eigenvalue weighted by molar-refractivity contribution is -0.131. The molecule has 0 bridgehead atoms. The van der Waals surface area contributed by atoms with Gasteiger partial charge in [-0.2, -0.15) is 5.10 Å². The van der Waals surface area contributed by atoms with Gasteiger partial charge in [0.2, 0.25) is 29.4 Å². The third-order valence-corrected chi connectivity index (χ3v) is 15.0. The number of aryl methyl sites for hydroxylation is 2. The number of nitrogens with zero attached hydrogens (tertiary/aromatic N) is 4. The topological polar surface area (TPSA) is 143 Å². The van der Waals surface area contributed by atoms with E-state index in [9.17, 15) is 14.7 Å². The molecule has 2 saturated heterocycles. The zero-order chi connectivity index (χ0) is 43.4. The van der Waals surface area contributed by atoms with Crippen molar-refractivity contribution in [3.8, 4) is 27.8 Å². The van der Waals surface area contributed by atoms with Crippen molar-refractivity contribution in [3.05, 3.63) is 119 Å². The molecule has 314 valence electrons. The quantitative estimate of drug-likeness (QED) is 0.113. The Morgan fingerprint density at radius 2 is 1.55 bits per heavy atom. The van der Waals surface area contributed by atoms with Crippen LogP contribution in [-0.2, 0) is 26.2 Å². The number of benzene rings is 4. The van der Waals surface area contributed by atoms with Gasteiger partial charge in [-0.15, -0.1) is 11.3 Å². The number of anilines is 4. The molecule has 6 unspecified atom stereocenters. The first-order valence-corrected chi connectivity index (χ1v) is 21.6. The molecule has 4 aromatic carbocycles. The zero-order valence-corrected chi connectivity index (χ0v) is 36.1. The molecule has 1 saturated carbocycles. The summed E-state index contributed by atoms with van der Waals surface area (Å²) >= 11 is 7.91. The largest absolute Gasteiger partial charge is 0.502 e. The Kier molecular flexibility index (Phi) is 9.34. The number of rotatable bonds is 8. The van der Waals surface area contributed by atoms with Crippen LogP contribution in [0.15, 0.2) is 103 Å². The number of methoxy groups -OCH3 is 2. The van der Waals surface area contributed by atoms with Gasteiger partial charge in [0, 0.05) is 40.1 Å². The summed E-state index contributed by atoms with van der Waals surface area (Å²) in [6.07, 6.45) is 2.43. The van der Waals surface area contributed by atoms with Gasteiger partial charge in [0.15, 0.2) is 11.5 Å². The summed E-state index contributed by atoms with van der Waals surface area (Å²) in [5.74, 6) is -4.75. The monoisotopic (exact) mass is 867 g/mol. The number of amides is 4. The number of thiophene rings is 1. The van der Waals surface area contributed by atoms with E-state index < -0.39 is 46.8 Å². The molecule has 6 aromatic rings. The van der Waals surface area contributed by atoms with Crippen molar-refractivity contribution < 1.29 is 33.8 Å². The Balaban J connectivity index is 1.05. The summed E-state index contributed by atoms with van der Waals surface area (Å²) in [6.45, 7) is 3.82. The van der Waals surface area contributed by atoms with Crippen molar-refractivity contribution in [3.63, 3.8) is 0 Å². The van der Waals surface area contributed by atoms with Crippen LogP contribution in [-0.4, -0.2) is 52.7 Å². The lowest BCUT2D eigenvalue weighted by Crippen LogP contribution is -2.49. The second kappa shape index (κ2) is 14.6. The molecule has 0 spiro atoms. The summed E-state index contributed by atoms with van der Waals surface area (Å²) in [5, 5.41) is 20.8. The van der Waals surface area contributed by atoms with Gasteiger partial charge < -0.3 is 19.9 Å². The first-order valence-electron chi connectivity index (χ1n) is 20.4. The van der Waals surface area contributed by atoms with Gasteiger partial charge in [-0.1, -0.05) is 41.4 Å². The van der Waals surface area contributed by atoms with Crippen LogP contribution < -0.4 is 24.6 Å². The first-order chi connectivity index (χ1) is 29.8. The number of hydrogen-bond acceptors (Lipinski definition) is 10. The zero-order valence-electron chi connectivity index (χ0n) is 34.5. The fraction of sp³-hybridized carbons (Fsp3) is 0.271. The van der Waals surface area contributed by atoms with Crippen LogP contribution in [0.25, 0.3) is 20.7 Å². The predicted octanol–water partition coefficient (Wildman–Crippen LogP) is 9.17. The molecule has 4 heterocycles. The first kappa shape index (κ1) is 39.7. The molecule has 2 aromatic heterocycles. The molecular formula is C48H42ClN5O7S. The van der Waals surface area contributed by atoms with Gasteiger partial charge in [-0.25, -0.2) is 4.90 Å². The number of para-hydroxylation sites is 1. The minimum absolute atomic E-state index is 0.129. The normalized spacial score (nSPS) is 24.3. The van der Waals surface area contributed by atoms with Gasteiger partial charge in [-0.05, 0) is 116 Å². The smallest absolute Gasteiger partial charge is 0.242 e. The van der Waals surface area contributed by atoms with Crippen LogP contribution in [0.4, 0.5) is 22.9 Å². The number of ether oxygens (including phenoxy) is 2. The molecule has 2 N–H and O–H groups in total. The fourth-order valence-electron chi connectivity index (χ4n) is 10.5. The summed E-state index contributed by atoms with van der Waals surface area (Å²) in [4.78, 5) is 63.0. The lowest BCUT2D eigenvalue weighted by Gasteiger charge is -2.49. The molecule has 4 aliphatic rings. The van der Waals surface area contributed by atoms with Crippen molar-refractivity contribution in [1.29, 1.82) is 0 Å². The molecule has 0 radical (unpaired) electrons. The summed E-state index contributed by atoms with van der Waals surface area (Å²) < 4.78 is 13.8. The number of carbonyl (C=O) groups excluding carboxylic acids is 4. The van der Waals surface area contributed by atoms with Crippen molar-refractivity contribution in [1.82, 2.24) is 9.78 Å². The number of allylic oxidation sites excluding steroid dienone is 2. The fourth-order valence-corrected chi connectivity index (χ4v) is 11.9. The van der Waals surface area contributed by atoms with Crippen molar-refractivity contribution >= 4 is 79.5 Å². The third kappa shape index (κ3) is 5.81. The number of phenolic OH excluding ortho intramolecular Hbond substituents is 1. The minimum Gasteiger partial charge on any atom is -0.502 e. The maximum absolute atomic E-state index is 15.4. The molecule has 12 nitrogen and oxygen atoms in total. The van der Waals surface area contributed by atoms with Crippen LogP contribution in [0, 0.1) is 36.0 Å². The number of phenols is 1. The summed E-state index contributed by atoms with van der Waals surface area (Å²) in [5.41, 5.74) is 3.76. The highest BCUT2D eigenvalue weighted by Gasteiger charge is 2.68. The molecule has 14 heteroatoms. The number of nitrogens with one attached hydrogen (secondary N) is 1. The maximum Gasteiger partial charge on any atom is 0.242 e. The number of fused-ring (bicyclic) bond motifs is 5. The molecule has 6 atom stereocenters. The highest BCUT2D eigenvalue weighted by atomic mass is 35.5. The number of halogens is 1. The van der Waals surface area contributed by atoms with Crippen LogP contribution in [0.5, 0.6) is 17.2 Å². The lowest BCUT2D eigenvalue weighted by atomic mass is 9.51. The van der Waals surface area contributed by atoms with Gasteiger partial charge in [0.1, 0.15) is 11.5 Å². The van der Waals surface area contributed by atoms with E-state index in [0.29, 0.717) is 27.8 Å². The van der Waals surface area contributed by atoms with E-state index >= 15 is 9.59 Å². The van der Waals surface area contributed by atoms with Crippen LogP contribution in [0.3, 0.4) is 0 Å². The van der Waals surface area contributed by atoms with E-state index in [0.717, 1.165) is 37.5 Å². The highest BCUT2D eigenvalue weighted by molar-refractivity contribution is 7.22. The Hall–Kier alpha value is -6.44. The Labute approximate surface area is 366 Å². The molecule has 2 aliphatic carbocycles. The van der Waals surface area contributed by atoms with Gasteiger partial charge in [-0.3, -0.25) is 28.8 Å². The van der Waals surface area contributed by atoms with E-state index in [1.165, 1.54) is 24.0 Å². The number of hydrogen-bond donors (Lipinski definition) is 2. The van der Waals surface area contributed by atoms with E-state index in [2.05, 4.69) is 5.32 Å². The Morgan fingerprint density at radius 3 is 2.24 bits per heavy atom. The molecule has 3 fully saturated rings. The van der Waals surface area contributed by atoms with Gasteiger partial charge in [0.25, 0.3) is 0 Å². The average molecular weight is 868 g/mol. The molecule has 10 rings (SSSR count). The summed E-state index contributed by atoms with van der Waals surface area (Å²) in [6, 6.07) is 27.7. The van der Waals surface area contributed by atoms with E-state index in [1.54, 1.807) is 53.4 Å². The molecular weight excluding hydrogens is 826 g/mol. The van der Waals surface area contributed by atoms with Crippen molar-refractivity contribution in [2.75, 3.05) is 29.3 Å². The van der Waals surface area contributed by atoms with Crippen molar-refractivity contribution in [2.24, 2.45) is 36.1 Å². The summed E-state index contributed by atoms with van der Waals surface area (Å²) in [7, 11) is 4.57.